The van der Waals surface area contributed by atoms with Crippen molar-refractivity contribution in [2.75, 3.05) is 36.9 Å². The molecule has 0 radical (unpaired) electrons. The molecule has 0 spiro atoms. The minimum atomic E-state index is 0.428. The Bertz CT molecular complexity index is 1170. The van der Waals surface area contributed by atoms with Gasteiger partial charge < -0.3 is 19.4 Å². The Morgan fingerprint density at radius 3 is 3.10 bits per heavy atom. The van der Waals surface area contributed by atoms with Gasteiger partial charge in [0, 0.05) is 42.8 Å². The molecule has 1 aliphatic rings. The van der Waals surface area contributed by atoms with Crippen LogP contribution in [0.15, 0.2) is 47.0 Å². The first-order valence-corrected chi connectivity index (χ1v) is 11.0. The number of hydrogen-bond acceptors (Lipinski definition) is 7. The number of aromatic nitrogens is 3. The van der Waals surface area contributed by atoms with Crippen molar-refractivity contribution in [1.29, 1.82) is 0 Å². The first-order chi connectivity index (χ1) is 14.7. The second-order valence-corrected chi connectivity index (χ2v) is 8.00. The molecule has 1 aromatic carbocycles. The predicted octanol–water partition coefficient (Wildman–Crippen LogP) is 3.64. The van der Waals surface area contributed by atoms with Gasteiger partial charge in [0.05, 0.1) is 12.8 Å². The zero-order chi connectivity index (χ0) is 20.5. The summed E-state index contributed by atoms with van der Waals surface area (Å²) in [6, 6.07) is 12.5. The van der Waals surface area contributed by atoms with Crippen LogP contribution >= 0.6 is 12.6 Å². The highest BCUT2D eigenvalue weighted by Gasteiger charge is 2.22. The average molecular weight is 424 g/mol. The summed E-state index contributed by atoms with van der Waals surface area (Å²) in [4.78, 5) is 6.92. The largest absolute Gasteiger partial charge is 0.477 e. The fraction of sp³-hybridized carbons (Fsp3) is 0.364. The second-order valence-electron chi connectivity index (χ2n) is 7.56. The van der Waals surface area contributed by atoms with Gasteiger partial charge in [0.1, 0.15) is 11.3 Å². The van der Waals surface area contributed by atoms with Crippen LogP contribution in [0.4, 0.5) is 5.69 Å². The average Bonchev–Trinajstić information content (AvgIpc) is 3.38. The van der Waals surface area contributed by atoms with Gasteiger partial charge in [-0.3, -0.25) is 0 Å². The van der Waals surface area contributed by atoms with E-state index in [1.165, 1.54) is 5.69 Å². The predicted molar refractivity (Wildman–Crippen MR) is 122 cm³/mol. The summed E-state index contributed by atoms with van der Waals surface area (Å²) in [7, 11) is 0. The van der Waals surface area contributed by atoms with Crippen LogP contribution in [-0.4, -0.2) is 52.6 Å². The highest BCUT2D eigenvalue weighted by molar-refractivity contribution is 7.80. The summed E-state index contributed by atoms with van der Waals surface area (Å²) in [5.41, 5.74) is 3.63. The number of nitrogens with one attached hydrogen (secondary N) is 1. The fourth-order valence-corrected chi connectivity index (χ4v) is 4.09. The number of fused-ring (bicyclic) bond motifs is 2. The zero-order valence-corrected chi connectivity index (χ0v) is 17.8. The van der Waals surface area contributed by atoms with Crippen molar-refractivity contribution >= 4 is 34.9 Å². The molecule has 0 bridgehead atoms. The summed E-state index contributed by atoms with van der Waals surface area (Å²) in [6.45, 7) is 5.77. The lowest BCUT2D eigenvalue weighted by molar-refractivity contribution is 0.302. The van der Waals surface area contributed by atoms with E-state index in [1.54, 1.807) is 10.7 Å². The van der Waals surface area contributed by atoms with Crippen LogP contribution in [0.5, 0.6) is 5.88 Å². The number of rotatable bonds is 6. The summed E-state index contributed by atoms with van der Waals surface area (Å²) >= 11 is 4.22. The third-order valence-corrected chi connectivity index (χ3v) is 5.81. The lowest BCUT2D eigenvalue weighted by atomic mass is 10.1. The molecule has 4 aromatic rings. The third-order valence-electron chi connectivity index (χ3n) is 5.49. The Morgan fingerprint density at radius 1 is 1.30 bits per heavy atom. The van der Waals surface area contributed by atoms with Crippen molar-refractivity contribution in [3.8, 4) is 17.3 Å². The second kappa shape index (κ2) is 8.20. The molecular weight excluding hydrogens is 398 g/mol. The normalized spacial score (nSPS) is 17.1. The Morgan fingerprint density at radius 2 is 2.23 bits per heavy atom. The number of furan rings is 1. The van der Waals surface area contributed by atoms with Crippen LogP contribution in [0.25, 0.3) is 28.1 Å². The molecule has 1 N–H and O–H groups in total. The molecule has 1 fully saturated rings. The Labute approximate surface area is 180 Å². The SMILES string of the molecule is C[C@@H]1CNCCN1c1cccc2oc(-c3cnc4ccc(OCCCS)nn34)cc12. The highest BCUT2D eigenvalue weighted by atomic mass is 32.1. The Kier molecular flexibility index (Phi) is 5.26. The molecule has 0 unspecified atom stereocenters. The molecule has 1 saturated heterocycles. The topological polar surface area (TPSA) is 67.8 Å². The summed E-state index contributed by atoms with van der Waals surface area (Å²) in [5.74, 6) is 2.09. The highest BCUT2D eigenvalue weighted by Crippen LogP contribution is 2.35. The van der Waals surface area contributed by atoms with Gasteiger partial charge in [0.2, 0.25) is 5.88 Å². The van der Waals surface area contributed by atoms with E-state index < -0.39 is 0 Å². The number of anilines is 1. The summed E-state index contributed by atoms with van der Waals surface area (Å²) < 4.78 is 13.7. The maximum Gasteiger partial charge on any atom is 0.231 e. The smallest absolute Gasteiger partial charge is 0.231 e. The van der Waals surface area contributed by atoms with E-state index >= 15 is 0 Å². The lowest BCUT2D eigenvalue weighted by Crippen LogP contribution is -2.49. The third kappa shape index (κ3) is 3.50. The number of benzene rings is 1. The number of hydrogen-bond donors (Lipinski definition) is 2. The molecule has 30 heavy (non-hydrogen) atoms. The molecular formula is C22H25N5O2S. The first-order valence-electron chi connectivity index (χ1n) is 10.3. The maximum atomic E-state index is 6.23. The number of piperazine rings is 1. The zero-order valence-electron chi connectivity index (χ0n) is 16.9. The Hall–Kier alpha value is -2.71. The number of nitrogens with zero attached hydrogens (tertiary/aromatic N) is 4. The lowest BCUT2D eigenvalue weighted by Gasteiger charge is -2.36. The molecule has 8 heteroatoms. The van der Waals surface area contributed by atoms with Gasteiger partial charge >= 0.3 is 0 Å². The van der Waals surface area contributed by atoms with Crippen molar-refractivity contribution in [2.45, 2.75) is 19.4 Å². The monoisotopic (exact) mass is 423 g/mol. The minimum Gasteiger partial charge on any atom is -0.477 e. The van der Waals surface area contributed by atoms with E-state index in [2.05, 4.69) is 58.1 Å². The molecule has 0 aliphatic carbocycles. The summed E-state index contributed by atoms with van der Waals surface area (Å²) in [5, 5.41) is 9.17. The van der Waals surface area contributed by atoms with Gasteiger partial charge in [-0.2, -0.15) is 12.6 Å². The molecule has 7 nitrogen and oxygen atoms in total. The molecule has 0 amide bonds. The first kappa shape index (κ1) is 19.3. The van der Waals surface area contributed by atoms with Crippen molar-refractivity contribution in [2.24, 2.45) is 0 Å². The van der Waals surface area contributed by atoms with Crippen LogP contribution in [0.1, 0.15) is 13.3 Å². The molecule has 5 rings (SSSR count). The van der Waals surface area contributed by atoms with E-state index in [-0.39, 0.29) is 0 Å². The maximum absolute atomic E-state index is 6.23. The number of imidazole rings is 1. The van der Waals surface area contributed by atoms with Crippen LogP contribution in [0.3, 0.4) is 0 Å². The van der Waals surface area contributed by atoms with E-state index in [9.17, 15) is 0 Å². The molecule has 1 aliphatic heterocycles. The van der Waals surface area contributed by atoms with Crippen LogP contribution < -0.4 is 15.0 Å². The van der Waals surface area contributed by atoms with Crippen molar-refractivity contribution < 1.29 is 9.15 Å². The van der Waals surface area contributed by atoms with E-state index in [4.69, 9.17) is 9.15 Å². The van der Waals surface area contributed by atoms with E-state index in [1.807, 2.05) is 18.2 Å². The number of ether oxygens (including phenoxy) is 1. The van der Waals surface area contributed by atoms with Crippen molar-refractivity contribution in [3.05, 3.63) is 42.6 Å². The molecule has 4 heterocycles. The van der Waals surface area contributed by atoms with E-state index in [0.29, 0.717) is 18.5 Å². The van der Waals surface area contributed by atoms with Crippen molar-refractivity contribution in [1.82, 2.24) is 19.9 Å². The molecule has 0 saturated carbocycles. The minimum absolute atomic E-state index is 0.428. The Balaban J connectivity index is 1.54. The van der Waals surface area contributed by atoms with Gasteiger partial charge in [-0.1, -0.05) is 6.07 Å². The summed E-state index contributed by atoms with van der Waals surface area (Å²) in [6.07, 6.45) is 2.67. The van der Waals surface area contributed by atoms with Crippen LogP contribution in [0.2, 0.25) is 0 Å². The van der Waals surface area contributed by atoms with Crippen LogP contribution in [0, 0.1) is 0 Å². The fourth-order valence-electron chi connectivity index (χ4n) is 3.96. The van der Waals surface area contributed by atoms with Gasteiger partial charge in [0.25, 0.3) is 0 Å². The van der Waals surface area contributed by atoms with Crippen LogP contribution in [-0.2, 0) is 0 Å². The van der Waals surface area contributed by atoms with Gasteiger partial charge in [-0.15, -0.1) is 5.10 Å². The van der Waals surface area contributed by atoms with E-state index in [0.717, 1.165) is 59.9 Å². The molecule has 1 atom stereocenters. The molecule has 156 valence electrons. The van der Waals surface area contributed by atoms with Gasteiger partial charge in [0.15, 0.2) is 11.4 Å². The van der Waals surface area contributed by atoms with Crippen molar-refractivity contribution in [3.63, 3.8) is 0 Å². The van der Waals surface area contributed by atoms with Gasteiger partial charge in [-0.25, -0.2) is 9.50 Å². The number of thiol groups is 1. The quantitative estimate of drug-likeness (QED) is 0.365. The standard InChI is InChI=1S/C22H25N5O2S/c1-15-13-23-8-9-26(15)17-4-2-5-19-16(17)12-20(29-19)18-14-24-21-6-7-22(25-27(18)21)28-10-3-11-30/h2,4-7,12,14-15,23,30H,3,8-11,13H2,1H3/t15-/m1/s1. The molecule has 3 aromatic heterocycles. The van der Waals surface area contributed by atoms with Gasteiger partial charge in [-0.05, 0) is 43.4 Å².